The zero-order valence-corrected chi connectivity index (χ0v) is 7.21. The number of hydrazine groups is 1. The third-order valence-electron chi connectivity index (χ3n) is 2.29. The summed E-state index contributed by atoms with van der Waals surface area (Å²) in [5.74, 6) is 0. The van der Waals surface area contributed by atoms with Gasteiger partial charge in [-0.1, -0.05) is 6.42 Å². The van der Waals surface area contributed by atoms with Crippen LogP contribution in [-0.2, 0) is 4.79 Å². The molecule has 0 N–H and O–H groups in total. The van der Waals surface area contributed by atoms with Crippen LogP contribution in [0.15, 0.2) is 0 Å². The van der Waals surface area contributed by atoms with Crippen LogP contribution in [0.5, 0.6) is 0 Å². The first-order chi connectivity index (χ1) is 5.25. The minimum Gasteiger partial charge on any atom is -0.270 e. The van der Waals surface area contributed by atoms with Crippen molar-refractivity contribution >= 4 is 6.41 Å². The Morgan fingerprint density at radius 3 is 2.82 bits per heavy atom. The highest BCUT2D eigenvalue weighted by molar-refractivity contribution is 5.46. The van der Waals surface area contributed by atoms with E-state index in [1.165, 1.54) is 24.3 Å². The van der Waals surface area contributed by atoms with Crippen LogP contribution in [0.4, 0.5) is 0 Å². The van der Waals surface area contributed by atoms with Gasteiger partial charge in [-0.3, -0.25) is 9.80 Å². The standard InChI is InChI=1S/C8H15N2O/c1-8-5-3-4-6-10(8)9(2)7-11/h8H,3-6H2,1-2H3. The van der Waals surface area contributed by atoms with Gasteiger partial charge in [0.25, 0.3) is 0 Å². The molecule has 1 amide bonds. The van der Waals surface area contributed by atoms with Gasteiger partial charge >= 0.3 is 6.41 Å². The van der Waals surface area contributed by atoms with Gasteiger partial charge in [-0.25, -0.2) is 5.01 Å². The molecule has 1 aliphatic heterocycles. The van der Waals surface area contributed by atoms with Crippen LogP contribution >= 0.6 is 0 Å². The third kappa shape index (κ3) is 1.93. The Balaban J connectivity index is 2.46. The molecule has 1 saturated heterocycles. The number of nitrogens with zero attached hydrogens (tertiary/aromatic N) is 2. The molecule has 1 fully saturated rings. The summed E-state index contributed by atoms with van der Waals surface area (Å²) in [6.45, 7) is 3.14. The highest BCUT2D eigenvalue weighted by Crippen LogP contribution is 2.16. The van der Waals surface area contributed by atoms with Gasteiger partial charge in [0, 0.05) is 19.6 Å². The summed E-state index contributed by atoms with van der Waals surface area (Å²) in [4.78, 5) is 10.3. The maximum atomic E-state index is 10.3. The van der Waals surface area contributed by atoms with Gasteiger partial charge in [0.2, 0.25) is 0 Å². The number of amides is 1. The molecule has 63 valence electrons. The lowest BCUT2D eigenvalue weighted by atomic mass is 10.1. The molecule has 1 unspecified atom stereocenters. The van der Waals surface area contributed by atoms with Crippen molar-refractivity contribution < 1.29 is 4.79 Å². The summed E-state index contributed by atoms with van der Waals surface area (Å²) in [6, 6.07) is 0.496. The summed E-state index contributed by atoms with van der Waals surface area (Å²) in [7, 11) is 1.76. The summed E-state index contributed by atoms with van der Waals surface area (Å²) >= 11 is 0. The lowest BCUT2D eigenvalue weighted by Crippen LogP contribution is -2.47. The predicted molar refractivity (Wildman–Crippen MR) is 43.5 cm³/mol. The first-order valence-electron chi connectivity index (χ1n) is 4.13. The Morgan fingerprint density at radius 1 is 1.55 bits per heavy atom. The fourth-order valence-corrected chi connectivity index (χ4v) is 1.58. The van der Waals surface area contributed by atoms with E-state index in [9.17, 15) is 4.79 Å². The molecular formula is C8H15N2O. The monoisotopic (exact) mass is 155 g/mol. The van der Waals surface area contributed by atoms with Gasteiger partial charge in [0.1, 0.15) is 0 Å². The highest BCUT2D eigenvalue weighted by Gasteiger charge is 2.20. The topological polar surface area (TPSA) is 23.6 Å². The minimum atomic E-state index is 0.496. The van der Waals surface area contributed by atoms with Crippen LogP contribution in [0.3, 0.4) is 0 Å². The van der Waals surface area contributed by atoms with Crippen molar-refractivity contribution in [3.05, 3.63) is 0 Å². The largest absolute Gasteiger partial charge is 0.327 e. The van der Waals surface area contributed by atoms with Crippen LogP contribution in [-0.4, -0.2) is 36.1 Å². The number of rotatable bonds is 2. The van der Waals surface area contributed by atoms with Gasteiger partial charge in [-0.05, 0) is 19.8 Å². The first-order valence-corrected chi connectivity index (χ1v) is 4.13. The van der Waals surface area contributed by atoms with E-state index in [1.807, 2.05) is 6.41 Å². The van der Waals surface area contributed by atoms with Crippen LogP contribution in [0.25, 0.3) is 0 Å². The van der Waals surface area contributed by atoms with E-state index in [4.69, 9.17) is 0 Å². The third-order valence-corrected chi connectivity index (χ3v) is 2.29. The fourth-order valence-electron chi connectivity index (χ4n) is 1.58. The fraction of sp³-hybridized carbons (Fsp3) is 0.875. The van der Waals surface area contributed by atoms with Crippen LogP contribution in [0, 0.1) is 0 Å². The zero-order valence-electron chi connectivity index (χ0n) is 7.21. The van der Waals surface area contributed by atoms with Crippen molar-refractivity contribution in [2.45, 2.75) is 32.2 Å². The first kappa shape index (κ1) is 8.53. The Morgan fingerprint density at radius 2 is 2.27 bits per heavy atom. The van der Waals surface area contributed by atoms with Gasteiger partial charge < -0.3 is 0 Å². The van der Waals surface area contributed by atoms with E-state index in [-0.39, 0.29) is 0 Å². The molecule has 0 bridgehead atoms. The predicted octanol–water partition coefficient (Wildman–Crippen LogP) is 0.775. The van der Waals surface area contributed by atoms with E-state index in [2.05, 4.69) is 11.9 Å². The molecule has 3 heteroatoms. The lowest BCUT2D eigenvalue weighted by Gasteiger charge is -2.37. The summed E-state index contributed by atoms with van der Waals surface area (Å²) in [5.41, 5.74) is 0. The van der Waals surface area contributed by atoms with Crippen molar-refractivity contribution in [2.75, 3.05) is 13.6 Å². The number of hydrogen-bond donors (Lipinski definition) is 0. The molecule has 0 aromatic carbocycles. The molecule has 0 aliphatic carbocycles. The number of hydrogen-bond acceptors (Lipinski definition) is 2. The smallest absolute Gasteiger partial charge is 0.270 e. The van der Waals surface area contributed by atoms with E-state index >= 15 is 0 Å². The van der Waals surface area contributed by atoms with E-state index in [1.54, 1.807) is 7.05 Å². The van der Waals surface area contributed by atoms with Crippen molar-refractivity contribution in [1.82, 2.24) is 10.0 Å². The second kappa shape index (κ2) is 3.72. The molecule has 1 radical (unpaired) electrons. The summed E-state index contributed by atoms with van der Waals surface area (Å²) in [5, 5.41) is 3.60. The van der Waals surface area contributed by atoms with Crippen LogP contribution in [0.1, 0.15) is 26.2 Å². The molecule has 1 atom stereocenters. The molecule has 0 aromatic heterocycles. The number of piperidine rings is 1. The number of carbonyl (C=O) groups excluding carboxylic acids is 1. The average molecular weight is 155 g/mol. The lowest BCUT2D eigenvalue weighted by molar-refractivity contribution is 0.00120. The van der Waals surface area contributed by atoms with E-state index in [0.717, 1.165) is 6.54 Å². The zero-order chi connectivity index (χ0) is 8.27. The van der Waals surface area contributed by atoms with Crippen molar-refractivity contribution in [3.63, 3.8) is 0 Å². The van der Waals surface area contributed by atoms with Gasteiger partial charge in [0.05, 0.1) is 0 Å². The summed E-state index contributed by atoms with van der Waals surface area (Å²) < 4.78 is 0. The Kier molecular flexibility index (Phi) is 2.88. The molecule has 3 nitrogen and oxygen atoms in total. The van der Waals surface area contributed by atoms with Crippen molar-refractivity contribution in [1.29, 1.82) is 0 Å². The van der Waals surface area contributed by atoms with E-state index in [0.29, 0.717) is 6.04 Å². The van der Waals surface area contributed by atoms with E-state index < -0.39 is 0 Å². The highest BCUT2D eigenvalue weighted by atomic mass is 16.1. The quantitative estimate of drug-likeness (QED) is 0.550. The molecule has 11 heavy (non-hydrogen) atoms. The maximum absolute atomic E-state index is 10.3. The normalized spacial score (nSPS) is 26.5. The SMILES string of the molecule is CC1CCCCN1N(C)[C]=O. The van der Waals surface area contributed by atoms with Gasteiger partial charge in [-0.2, -0.15) is 0 Å². The molecule has 0 spiro atoms. The van der Waals surface area contributed by atoms with Crippen LogP contribution in [0.2, 0.25) is 0 Å². The molecular weight excluding hydrogens is 140 g/mol. The molecule has 1 heterocycles. The molecule has 1 rings (SSSR count). The Labute approximate surface area is 67.9 Å². The van der Waals surface area contributed by atoms with Crippen LogP contribution < -0.4 is 0 Å². The summed E-state index contributed by atoms with van der Waals surface area (Å²) in [6.07, 6.45) is 5.53. The van der Waals surface area contributed by atoms with Gasteiger partial charge in [-0.15, -0.1) is 0 Å². The minimum absolute atomic E-state index is 0.496. The molecule has 1 aliphatic rings. The second-order valence-corrected chi connectivity index (χ2v) is 3.12. The second-order valence-electron chi connectivity index (χ2n) is 3.12. The Hall–Kier alpha value is -0.570. The Bertz CT molecular complexity index is 138. The molecule has 0 saturated carbocycles. The maximum Gasteiger partial charge on any atom is 0.327 e. The molecule has 0 aromatic rings. The van der Waals surface area contributed by atoms with Crippen molar-refractivity contribution in [3.8, 4) is 0 Å². The van der Waals surface area contributed by atoms with Gasteiger partial charge in [0.15, 0.2) is 0 Å². The van der Waals surface area contributed by atoms with Crippen molar-refractivity contribution in [2.24, 2.45) is 0 Å². The average Bonchev–Trinajstić information content (AvgIpc) is 2.04.